The summed E-state index contributed by atoms with van der Waals surface area (Å²) in [5.41, 5.74) is 2.14. The SMILES string of the molecule is CCOc1ccc(NC(=O)COc2ccc(C=C3C(=O)c4ccccc4C3=O)cc2OC)cc1. The van der Waals surface area contributed by atoms with Crippen LogP contribution < -0.4 is 19.5 Å². The van der Waals surface area contributed by atoms with Gasteiger partial charge in [0, 0.05) is 16.8 Å². The van der Waals surface area contributed by atoms with Gasteiger partial charge in [-0.3, -0.25) is 14.4 Å². The average Bonchev–Trinajstić information content (AvgIpc) is 3.09. The Hall–Kier alpha value is -4.39. The van der Waals surface area contributed by atoms with Crippen LogP contribution in [0.4, 0.5) is 5.69 Å². The van der Waals surface area contributed by atoms with E-state index in [9.17, 15) is 14.4 Å². The maximum Gasteiger partial charge on any atom is 0.262 e. The molecule has 3 aromatic rings. The molecule has 7 nitrogen and oxygen atoms in total. The predicted molar refractivity (Wildman–Crippen MR) is 128 cm³/mol. The minimum atomic E-state index is -0.336. The third kappa shape index (κ3) is 4.83. The summed E-state index contributed by atoms with van der Waals surface area (Å²) in [7, 11) is 1.47. The molecule has 0 aromatic heterocycles. The van der Waals surface area contributed by atoms with E-state index in [0.29, 0.717) is 40.5 Å². The molecule has 4 rings (SSSR count). The molecule has 1 amide bonds. The van der Waals surface area contributed by atoms with Crippen LogP contribution in [0.2, 0.25) is 0 Å². The summed E-state index contributed by atoms with van der Waals surface area (Å²) in [5, 5.41) is 2.75. The standard InChI is InChI=1S/C27H23NO6/c1-3-33-19-11-9-18(10-12-19)28-25(29)16-34-23-13-8-17(15-24(23)32-2)14-22-26(30)20-6-4-5-7-21(20)27(22)31/h4-15H,3,16H2,1-2H3,(H,28,29). The minimum Gasteiger partial charge on any atom is -0.494 e. The summed E-state index contributed by atoms with van der Waals surface area (Å²) >= 11 is 0. The molecule has 172 valence electrons. The number of rotatable bonds is 8. The Morgan fingerprint density at radius 2 is 1.56 bits per heavy atom. The van der Waals surface area contributed by atoms with Gasteiger partial charge in [0.2, 0.25) is 0 Å². The van der Waals surface area contributed by atoms with Gasteiger partial charge in [-0.25, -0.2) is 0 Å². The zero-order valence-corrected chi connectivity index (χ0v) is 18.8. The van der Waals surface area contributed by atoms with Crippen LogP contribution in [0.25, 0.3) is 6.08 Å². The maximum atomic E-state index is 12.6. The van der Waals surface area contributed by atoms with E-state index in [4.69, 9.17) is 14.2 Å². The van der Waals surface area contributed by atoms with E-state index in [1.807, 2.05) is 6.92 Å². The van der Waals surface area contributed by atoms with E-state index in [1.54, 1.807) is 66.7 Å². The van der Waals surface area contributed by atoms with Gasteiger partial charge in [0.25, 0.3) is 5.91 Å². The molecule has 0 fully saturated rings. The minimum absolute atomic E-state index is 0.103. The number of anilines is 1. The number of hydrogen-bond acceptors (Lipinski definition) is 6. The first-order chi connectivity index (χ1) is 16.5. The Labute approximate surface area is 197 Å². The topological polar surface area (TPSA) is 90.9 Å². The van der Waals surface area contributed by atoms with Crippen LogP contribution in [-0.4, -0.2) is 37.8 Å². The van der Waals surface area contributed by atoms with Crippen LogP contribution in [0.3, 0.4) is 0 Å². The Bertz CT molecular complexity index is 1240. The molecule has 1 N–H and O–H groups in total. The molecule has 0 bridgehead atoms. The number of ketones is 2. The van der Waals surface area contributed by atoms with Crippen molar-refractivity contribution in [2.45, 2.75) is 6.92 Å². The number of allylic oxidation sites excluding steroid dienone is 1. The second-order valence-electron chi connectivity index (χ2n) is 7.47. The molecule has 7 heteroatoms. The molecular formula is C27H23NO6. The van der Waals surface area contributed by atoms with Crippen molar-refractivity contribution < 1.29 is 28.6 Å². The summed E-state index contributed by atoms with van der Waals surface area (Å²) in [6, 6.07) is 18.8. The van der Waals surface area contributed by atoms with E-state index < -0.39 is 0 Å². The third-order valence-electron chi connectivity index (χ3n) is 5.21. The summed E-state index contributed by atoms with van der Waals surface area (Å²) in [6.07, 6.45) is 1.54. The second kappa shape index (κ2) is 10.0. The van der Waals surface area contributed by atoms with Crippen LogP contribution in [0.5, 0.6) is 17.2 Å². The van der Waals surface area contributed by atoms with E-state index in [1.165, 1.54) is 13.2 Å². The largest absolute Gasteiger partial charge is 0.494 e. The highest BCUT2D eigenvalue weighted by Gasteiger charge is 2.32. The quantitative estimate of drug-likeness (QED) is 0.394. The molecule has 34 heavy (non-hydrogen) atoms. The van der Waals surface area contributed by atoms with Crippen LogP contribution in [0.15, 0.2) is 72.3 Å². The Morgan fingerprint density at radius 3 is 2.18 bits per heavy atom. The molecule has 0 unspecified atom stereocenters. The van der Waals surface area contributed by atoms with E-state index >= 15 is 0 Å². The van der Waals surface area contributed by atoms with Crippen molar-refractivity contribution in [2.75, 3.05) is 25.6 Å². The fourth-order valence-corrected chi connectivity index (χ4v) is 3.60. The van der Waals surface area contributed by atoms with Gasteiger partial charge in [-0.2, -0.15) is 0 Å². The molecule has 0 heterocycles. The number of nitrogens with one attached hydrogen (secondary N) is 1. The fraction of sp³-hybridized carbons (Fsp3) is 0.148. The first kappa shape index (κ1) is 22.8. The van der Waals surface area contributed by atoms with Crippen LogP contribution in [-0.2, 0) is 4.79 Å². The van der Waals surface area contributed by atoms with Crippen molar-refractivity contribution in [3.05, 3.63) is 89.0 Å². The number of ether oxygens (including phenoxy) is 3. The van der Waals surface area contributed by atoms with Gasteiger partial charge >= 0.3 is 0 Å². The molecular weight excluding hydrogens is 434 g/mol. The number of amides is 1. The number of carbonyl (C=O) groups excluding carboxylic acids is 3. The number of carbonyl (C=O) groups is 3. The highest BCUT2D eigenvalue weighted by atomic mass is 16.5. The predicted octanol–water partition coefficient (Wildman–Crippen LogP) is 4.57. The molecule has 0 aliphatic heterocycles. The van der Waals surface area contributed by atoms with Gasteiger partial charge < -0.3 is 19.5 Å². The Balaban J connectivity index is 1.42. The number of benzene rings is 3. The molecule has 0 spiro atoms. The second-order valence-corrected chi connectivity index (χ2v) is 7.47. The van der Waals surface area contributed by atoms with Crippen molar-refractivity contribution in [3.63, 3.8) is 0 Å². The van der Waals surface area contributed by atoms with Gasteiger partial charge in [-0.1, -0.05) is 30.3 Å². The molecule has 3 aromatic carbocycles. The third-order valence-corrected chi connectivity index (χ3v) is 5.21. The lowest BCUT2D eigenvalue weighted by molar-refractivity contribution is -0.118. The van der Waals surface area contributed by atoms with Crippen LogP contribution in [0.1, 0.15) is 33.2 Å². The van der Waals surface area contributed by atoms with Crippen molar-refractivity contribution in [1.29, 1.82) is 0 Å². The number of fused-ring (bicyclic) bond motifs is 1. The first-order valence-electron chi connectivity index (χ1n) is 10.7. The van der Waals surface area contributed by atoms with E-state index in [2.05, 4.69) is 5.32 Å². The van der Waals surface area contributed by atoms with Crippen LogP contribution >= 0.6 is 0 Å². The summed E-state index contributed by atoms with van der Waals surface area (Å²) in [5.74, 6) is 0.521. The lowest BCUT2D eigenvalue weighted by atomic mass is 10.1. The van der Waals surface area contributed by atoms with E-state index in [0.717, 1.165) is 5.75 Å². The lowest BCUT2D eigenvalue weighted by Gasteiger charge is -2.12. The molecule has 0 saturated heterocycles. The average molecular weight is 457 g/mol. The number of hydrogen-bond donors (Lipinski definition) is 1. The van der Waals surface area contributed by atoms with Crippen molar-refractivity contribution in [1.82, 2.24) is 0 Å². The van der Waals surface area contributed by atoms with Gasteiger partial charge in [0.1, 0.15) is 5.75 Å². The maximum absolute atomic E-state index is 12.6. The molecule has 0 atom stereocenters. The van der Waals surface area contributed by atoms with Crippen molar-refractivity contribution in [3.8, 4) is 17.2 Å². The van der Waals surface area contributed by atoms with Gasteiger partial charge in [0.15, 0.2) is 29.7 Å². The van der Waals surface area contributed by atoms with Crippen molar-refractivity contribution >= 4 is 29.2 Å². The summed E-state index contributed by atoms with van der Waals surface area (Å²) in [4.78, 5) is 37.5. The zero-order valence-electron chi connectivity index (χ0n) is 18.8. The number of Topliss-reactive ketones (excluding diaryl/α,β-unsaturated/α-hetero) is 2. The lowest BCUT2D eigenvalue weighted by Crippen LogP contribution is -2.20. The molecule has 1 aliphatic rings. The summed E-state index contributed by atoms with van der Waals surface area (Å²) in [6.45, 7) is 2.24. The van der Waals surface area contributed by atoms with Crippen molar-refractivity contribution in [2.24, 2.45) is 0 Å². The van der Waals surface area contributed by atoms with Gasteiger partial charge in [0.05, 0.1) is 19.3 Å². The van der Waals surface area contributed by atoms with Crippen LogP contribution in [0, 0.1) is 0 Å². The normalized spacial score (nSPS) is 12.2. The molecule has 1 aliphatic carbocycles. The highest BCUT2D eigenvalue weighted by molar-refractivity contribution is 6.41. The Kier molecular flexibility index (Phi) is 6.73. The monoisotopic (exact) mass is 457 g/mol. The molecule has 0 radical (unpaired) electrons. The first-order valence-corrected chi connectivity index (χ1v) is 10.7. The number of methoxy groups -OCH3 is 1. The van der Waals surface area contributed by atoms with Gasteiger partial charge in [-0.05, 0) is 55.0 Å². The van der Waals surface area contributed by atoms with Gasteiger partial charge in [-0.15, -0.1) is 0 Å². The summed E-state index contributed by atoms with van der Waals surface area (Å²) < 4.78 is 16.4. The smallest absolute Gasteiger partial charge is 0.262 e. The molecule has 0 saturated carbocycles. The zero-order chi connectivity index (χ0) is 24.1. The highest BCUT2D eigenvalue weighted by Crippen LogP contribution is 2.32. The van der Waals surface area contributed by atoms with E-state index in [-0.39, 0.29) is 29.7 Å². The Morgan fingerprint density at radius 1 is 0.882 bits per heavy atom. The fourth-order valence-electron chi connectivity index (χ4n) is 3.60.